The van der Waals surface area contributed by atoms with Gasteiger partial charge in [-0.15, -0.1) is 0 Å². The number of amides is 1. The van der Waals surface area contributed by atoms with Gasteiger partial charge in [0.1, 0.15) is 0 Å². The van der Waals surface area contributed by atoms with Crippen LogP contribution in [0.3, 0.4) is 0 Å². The fraction of sp³-hybridized carbons (Fsp3) is 0.286. The van der Waals surface area contributed by atoms with E-state index in [1.807, 2.05) is 0 Å². The Morgan fingerprint density at radius 1 is 1.64 bits per heavy atom. The van der Waals surface area contributed by atoms with Crippen molar-refractivity contribution in [2.75, 3.05) is 5.32 Å². The fourth-order valence-corrected chi connectivity index (χ4v) is 0.724. The van der Waals surface area contributed by atoms with Gasteiger partial charge < -0.3 is 5.32 Å². The summed E-state index contributed by atoms with van der Waals surface area (Å²) in [5.41, 5.74) is 1.44. The molecule has 58 valence electrons. The summed E-state index contributed by atoms with van der Waals surface area (Å²) in [6.45, 7) is 3.25. The second kappa shape index (κ2) is 3.09. The van der Waals surface area contributed by atoms with E-state index in [2.05, 4.69) is 15.5 Å². The number of carbonyl (C=O) groups excluding carboxylic acids is 1. The summed E-state index contributed by atoms with van der Waals surface area (Å²) in [6.07, 6.45) is 1.54. The van der Waals surface area contributed by atoms with Crippen LogP contribution in [0.5, 0.6) is 0 Å². The van der Waals surface area contributed by atoms with Gasteiger partial charge in [-0.05, 0) is 13.0 Å². The van der Waals surface area contributed by atoms with Gasteiger partial charge in [-0.2, -0.15) is 10.2 Å². The Labute approximate surface area is 64.6 Å². The van der Waals surface area contributed by atoms with E-state index < -0.39 is 0 Å². The van der Waals surface area contributed by atoms with Gasteiger partial charge in [-0.1, -0.05) is 0 Å². The van der Waals surface area contributed by atoms with Crippen molar-refractivity contribution in [3.8, 4) is 0 Å². The van der Waals surface area contributed by atoms with Crippen LogP contribution >= 0.6 is 0 Å². The van der Waals surface area contributed by atoms with Crippen molar-refractivity contribution in [3.63, 3.8) is 0 Å². The average Bonchev–Trinajstić information content (AvgIpc) is 1.93. The highest BCUT2D eigenvalue weighted by Crippen LogP contribution is 2.07. The van der Waals surface area contributed by atoms with Crippen LogP contribution in [-0.4, -0.2) is 16.1 Å². The summed E-state index contributed by atoms with van der Waals surface area (Å²) < 4.78 is 0. The monoisotopic (exact) mass is 151 g/mol. The van der Waals surface area contributed by atoms with Crippen molar-refractivity contribution in [2.45, 2.75) is 13.8 Å². The van der Waals surface area contributed by atoms with Crippen molar-refractivity contribution < 1.29 is 4.79 Å². The van der Waals surface area contributed by atoms with Crippen molar-refractivity contribution in [1.82, 2.24) is 10.2 Å². The lowest BCUT2D eigenvalue weighted by molar-refractivity contribution is -0.114. The summed E-state index contributed by atoms with van der Waals surface area (Å²) in [5.74, 6) is -0.0962. The molecular formula is C7H9N3O. The van der Waals surface area contributed by atoms with Crippen molar-refractivity contribution in [1.29, 1.82) is 0 Å². The molecule has 0 bridgehead atoms. The van der Waals surface area contributed by atoms with Gasteiger partial charge in [0.15, 0.2) is 0 Å². The van der Waals surface area contributed by atoms with Crippen LogP contribution in [0.25, 0.3) is 0 Å². The Morgan fingerprint density at radius 3 is 2.91 bits per heavy atom. The first-order chi connectivity index (χ1) is 5.20. The number of anilines is 1. The molecule has 0 saturated carbocycles. The Kier molecular flexibility index (Phi) is 2.15. The first kappa shape index (κ1) is 7.65. The molecule has 1 heterocycles. The molecule has 0 aliphatic carbocycles. The number of hydrogen-bond donors (Lipinski definition) is 1. The van der Waals surface area contributed by atoms with E-state index in [1.54, 1.807) is 13.0 Å². The molecule has 1 N–H and O–H groups in total. The second-order valence-corrected chi connectivity index (χ2v) is 2.21. The third-order valence-corrected chi connectivity index (χ3v) is 1.22. The molecule has 0 aromatic carbocycles. The minimum atomic E-state index is -0.0962. The predicted molar refractivity (Wildman–Crippen MR) is 41.1 cm³/mol. The number of nitrogens with one attached hydrogen (secondary N) is 1. The molecular weight excluding hydrogens is 142 g/mol. The number of nitrogens with zero attached hydrogens (tertiary/aromatic N) is 2. The zero-order valence-electron chi connectivity index (χ0n) is 6.46. The number of aryl methyl sites for hydroxylation is 1. The van der Waals surface area contributed by atoms with Crippen LogP contribution in [0.4, 0.5) is 5.69 Å². The Morgan fingerprint density at radius 2 is 2.36 bits per heavy atom. The van der Waals surface area contributed by atoms with Crippen LogP contribution in [0.2, 0.25) is 0 Å². The van der Waals surface area contributed by atoms with Gasteiger partial charge in [-0.25, -0.2) is 0 Å². The molecule has 0 atom stereocenters. The van der Waals surface area contributed by atoms with E-state index in [1.165, 1.54) is 13.1 Å². The van der Waals surface area contributed by atoms with Crippen LogP contribution in [0.1, 0.15) is 12.6 Å². The quantitative estimate of drug-likeness (QED) is 0.644. The normalized spacial score (nSPS) is 9.27. The number of carbonyl (C=O) groups is 1. The number of aromatic nitrogens is 2. The summed E-state index contributed by atoms with van der Waals surface area (Å²) in [7, 11) is 0. The maximum Gasteiger partial charge on any atom is 0.221 e. The van der Waals surface area contributed by atoms with Gasteiger partial charge in [0.25, 0.3) is 0 Å². The van der Waals surface area contributed by atoms with E-state index in [9.17, 15) is 4.79 Å². The highest BCUT2D eigenvalue weighted by atomic mass is 16.1. The van der Waals surface area contributed by atoms with Gasteiger partial charge in [0.2, 0.25) is 5.91 Å². The molecule has 11 heavy (non-hydrogen) atoms. The minimum absolute atomic E-state index is 0.0962. The molecule has 1 rings (SSSR count). The third kappa shape index (κ3) is 2.00. The molecule has 4 nitrogen and oxygen atoms in total. The van der Waals surface area contributed by atoms with Crippen LogP contribution < -0.4 is 5.32 Å². The number of hydrogen-bond acceptors (Lipinski definition) is 3. The maximum absolute atomic E-state index is 10.6. The van der Waals surface area contributed by atoms with E-state index in [4.69, 9.17) is 0 Å². The SMILES string of the molecule is CC(=O)Nc1ccnnc1C. The summed E-state index contributed by atoms with van der Waals surface area (Å²) in [5, 5.41) is 10.0. The maximum atomic E-state index is 10.6. The molecule has 0 fully saturated rings. The summed E-state index contributed by atoms with van der Waals surface area (Å²) >= 11 is 0. The Bertz CT molecular complexity index is 272. The largest absolute Gasteiger partial charge is 0.325 e. The molecule has 1 aromatic heterocycles. The number of rotatable bonds is 1. The molecule has 1 aromatic rings. The van der Waals surface area contributed by atoms with E-state index in [0.29, 0.717) is 5.69 Å². The van der Waals surface area contributed by atoms with Gasteiger partial charge in [0, 0.05) is 6.92 Å². The van der Waals surface area contributed by atoms with Crippen molar-refractivity contribution in [3.05, 3.63) is 18.0 Å². The smallest absolute Gasteiger partial charge is 0.221 e. The van der Waals surface area contributed by atoms with Crippen LogP contribution in [0.15, 0.2) is 12.3 Å². The molecule has 0 radical (unpaired) electrons. The van der Waals surface area contributed by atoms with Crippen LogP contribution in [0, 0.1) is 6.92 Å². The van der Waals surface area contributed by atoms with Crippen molar-refractivity contribution >= 4 is 11.6 Å². The Balaban J connectivity index is 2.86. The lowest BCUT2D eigenvalue weighted by Crippen LogP contribution is -2.07. The average molecular weight is 151 g/mol. The second-order valence-electron chi connectivity index (χ2n) is 2.21. The van der Waals surface area contributed by atoms with E-state index in [-0.39, 0.29) is 5.91 Å². The molecule has 0 saturated heterocycles. The minimum Gasteiger partial charge on any atom is -0.325 e. The fourth-order valence-electron chi connectivity index (χ4n) is 0.724. The summed E-state index contributed by atoms with van der Waals surface area (Å²) in [6, 6.07) is 1.71. The summed E-state index contributed by atoms with van der Waals surface area (Å²) in [4.78, 5) is 10.6. The topological polar surface area (TPSA) is 54.9 Å². The van der Waals surface area contributed by atoms with Crippen LogP contribution in [-0.2, 0) is 4.79 Å². The highest BCUT2D eigenvalue weighted by Gasteiger charge is 1.98. The van der Waals surface area contributed by atoms with E-state index in [0.717, 1.165) is 5.69 Å². The third-order valence-electron chi connectivity index (χ3n) is 1.22. The first-order valence-electron chi connectivity index (χ1n) is 3.26. The lowest BCUT2D eigenvalue weighted by atomic mass is 10.3. The van der Waals surface area contributed by atoms with Gasteiger partial charge >= 0.3 is 0 Å². The van der Waals surface area contributed by atoms with Gasteiger partial charge in [-0.3, -0.25) is 4.79 Å². The van der Waals surface area contributed by atoms with Gasteiger partial charge in [0.05, 0.1) is 17.6 Å². The molecule has 0 aliphatic heterocycles. The zero-order valence-corrected chi connectivity index (χ0v) is 6.46. The molecule has 0 unspecified atom stereocenters. The predicted octanol–water partition coefficient (Wildman–Crippen LogP) is 0.743. The Hall–Kier alpha value is -1.45. The molecule has 0 spiro atoms. The standard InChI is InChI=1S/C7H9N3O/c1-5-7(9-6(2)11)3-4-8-10-5/h3-4H,1-2H3,(H,8,9,11). The molecule has 4 heteroatoms. The zero-order chi connectivity index (χ0) is 8.27. The van der Waals surface area contributed by atoms with E-state index >= 15 is 0 Å². The van der Waals surface area contributed by atoms with Crippen molar-refractivity contribution in [2.24, 2.45) is 0 Å². The lowest BCUT2D eigenvalue weighted by Gasteiger charge is -2.01. The molecule has 1 amide bonds. The first-order valence-corrected chi connectivity index (χ1v) is 3.26. The highest BCUT2D eigenvalue weighted by molar-refractivity contribution is 5.89. The molecule has 0 aliphatic rings.